The van der Waals surface area contributed by atoms with E-state index in [0.717, 1.165) is 12.8 Å². The maximum absolute atomic E-state index is 2.40. The molecule has 1 nitrogen and oxygen atoms in total. The standard InChI is InChI=1S/C19H17N/c1-14-10-12-15(13-11-14)20-18-8-4-2-6-16(18)17-7-3-5-9-19(17)20/h2-5,8-13H,6-7H2,1H3. The molecule has 1 aromatic carbocycles. The Morgan fingerprint density at radius 2 is 1.35 bits per heavy atom. The van der Waals surface area contributed by atoms with Crippen molar-refractivity contribution in [3.05, 3.63) is 76.0 Å². The third kappa shape index (κ3) is 1.63. The fraction of sp³-hybridized carbons (Fsp3) is 0.158. The summed E-state index contributed by atoms with van der Waals surface area (Å²) in [5.41, 5.74) is 5.54. The lowest BCUT2D eigenvalue weighted by Gasteiger charge is -2.07. The summed E-state index contributed by atoms with van der Waals surface area (Å²) in [5, 5.41) is 2.70. The van der Waals surface area contributed by atoms with Gasteiger partial charge in [-0.1, -0.05) is 42.0 Å². The Morgan fingerprint density at radius 3 is 1.90 bits per heavy atom. The number of nitrogens with zero attached hydrogens (tertiary/aromatic N) is 1. The second-order valence-corrected chi connectivity index (χ2v) is 5.50. The predicted octanol–water partition coefficient (Wildman–Crippen LogP) is 2.57. The molecule has 1 heterocycles. The number of aryl methyl sites for hydroxylation is 1. The van der Waals surface area contributed by atoms with E-state index in [1.165, 1.54) is 33.1 Å². The second kappa shape index (κ2) is 4.38. The van der Waals surface area contributed by atoms with Gasteiger partial charge in [-0.2, -0.15) is 0 Å². The van der Waals surface area contributed by atoms with E-state index in [-0.39, 0.29) is 0 Å². The Morgan fingerprint density at radius 1 is 0.800 bits per heavy atom. The van der Waals surface area contributed by atoms with Crippen LogP contribution >= 0.6 is 0 Å². The molecule has 0 fully saturated rings. The molecule has 0 saturated heterocycles. The first-order chi connectivity index (χ1) is 9.84. The molecule has 0 amide bonds. The minimum atomic E-state index is 1.05. The molecule has 0 atom stereocenters. The highest BCUT2D eigenvalue weighted by molar-refractivity contribution is 5.55. The van der Waals surface area contributed by atoms with Crippen LogP contribution in [-0.2, 0) is 12.8 Å². The minimum Gasteiger partial charge on any atom is -0.310 e. The molecular weight excluding hydrogens is 242 g/mol. The second-order valence-electron chi connectivity index (χ2n) is 5.50. The smallest absolute Gasteiger partial charge is 0.0500 e. The van der Waals surface area contributed by atoms with E-state index in [1.54, 1.807) is 0 Å². The molecule has 0 unspecified atom stereocenters. The van der Waals surface area contributed by atoms with E-state index >= 15 is 0 Å². The number of hydrogen-bond acceptors (Lipinski definition) is 0. The molecule has 0 bridgehead atoms. The molecule has 0 aliphatic heterocycles. The van der Waals surface area contributed by atoms with Crippen LogP contribution in [0.1, 0.15) is 16.7 Å². The molecule has 1 heteroatoms. The minimum absolute atomic E-state index is 1.05. The van der Waals surface area contributed by atoms with Gasteiger partial charge in [-0.25, -0.2) is 0 Å². The maximum atomic E-state index is 2.40. The lowest BCUT2D eigenvalue weighted by Crippen LogP contribution is -2.27. The van der Waals surface area contributed by atoms with Gasteiger partial charge in [-0.15, -0.1) is 0 Å². The number of aromatic nitrogens is 1. The van der Waals surface area contributed by atoms with E-state index in [2.05, 4.69) is 72.2 Å². The lowest BCUT2D eigenvalue weighted by atomic mass is 10.0. The fourth-order valence-electron chi connectivity index (χ4n) is 3.18. The molecular formula is C19H17N. The molecule has 0 spiro atoms. The Bertz CT molecular complexity index is 793. The van der Waals surface area contributed by atoms with Crippen molar-refractivity contribution in [3.8, 4) is 5.69 Å². The summed E-state index contributed by atoms with van der Waals surface area (Å²) in [4.78, 5) is 0. The molecule has 0 saturated carbocycles. The van der Waals surface area contributed by atoms with Gasteiger partial charge >= 0.3 is 0 Å². The van der Waals surface area contributed by atoms with E-state index in [4.69, 9.17) is 0 Å². The van der Waals surface area contributed by atoms with Crippen LogP contribution in [0.25, 0.3) is 17.8 Å². The third-order valence-electron chi connectivity index (χ3n) is 4.18. The van der Waals surface area contributed by atoms with Crippen molar-refractivity contribution < 1.29 is 0 Å². The van der Waals surface area contributed by atoms with Crippen molar-refractivity contribution in [3.63, 3.8) is 0 Å². The largest absolute Gasteiger partial charge is 0.310 e. The van der Waals surface area contributed by atoms with Crippen molar-refractivity contribution >= 4 is 12.2 Å². The average molecular weight is 259 g/mol. The SMILES string of the molecule is Cc1ccc(-n2c3c(c4c2=CC=CC4)CC=CC=3)cc1. The monoisotopic (exact) mass is 259 g/mol. The Labute approximate surface area is 118 Å². The van der Waals surface area contributed by atoms with E-state index in [0.29, 0.717) is 0 Å². The van der Waals surface area contributed by atoms with Crippen LogP contribution in [0.2, 0.25) is 0 Å². The van der Waals surface area contributed by atoms with Gasteiger partial charge in [0.15, 0.2) is 0 Å². The van der Waals surface area contributed by atoms with E-state index in [9.17, 15) is 0 Å². The Balaban J connectivity index is 2.09. The number of rotatable bonds is 1. The van der Waals surface area contributed by atoms with Gasteiger partial charge in [0.25, 0.3) is 0 Å². The van der Waals surface area contributed by atoms with Crippen LogP contribution < -0.4 is 10.7 Å². The van der Waals surface area contributed by atoms with Gasteiger partial charge in [0, 0.05) is 16.4 Å². The van der Waals surface area contributed by atoms with Gasteiger partial charge in [-0.3, -0.25) is 0 Å². The molecule has 2 aromatic rings. The molecule has 4 rings (SSSR count). The van der Waals surface area contributed by atoms with Gasteiger partial charge in [0.05, 0.1) is 0 Å². The van der Waals surface area contributed by atoms with Crippen molar-refractivity contribution in [1.29, 1.82) is 0 Å². The maximum Gasteiger partial charge on any atom is 0.0500 e. The molecule has 0 radical (unpaired) electrons. The quantitative estimate of drug-likeness (QED) is 0.742. The van der Waals surface area contributed by atoms with Crippen molar-refractivity contribution in [2.75, 3.05) is 0 Å². The van der Waals surface area contributed by atoms with Gasteiger partial charge in [0.1, 0.15) is 0 Å². The highest BCUT2D eigenvalue weighted by Gasteiger charge is 2.16. The summed E-state index contributed by atoms with van der Waals surface area (Å²) in [6, 6.07) is 8.80. The molecule has 98 valence electrons. The number of allylic oxidation sites excluding steroid dienone is 4. The van der Waals surface area contributed by atoms with Crippen LogP contribution in [-0.4, -0.2) is 4.57 Å². The zero-order chi connectivity index (χ0) is 13.5. The summed E-state index contributed by atoms with van der Waals surface area (Å²) < 4.78 is 2.40. The number of fused-ring (bicyclic) bond motifs is 3. The Hall–Kier alpha value is -2.28. The molecule has 0 N–H and O–H groups in total. The van der Waals surface area contributed by atoms with Crippen LogP contribution in [0.15, 0.2) is 48.6 Å². The summed E-state index contributed by atoms with van der Waals surface area (Å²) >= 11 is 0. The zero-order valence-corrected chi connectivity index (χ0v) is 11.6. The van der Waals surface area contributed by atoms with Crippen molar-refractivity contribution in [2.24, 2.45) is 0 Å². The summed E-state index contributed by atoms with van der Waals surface area (Å²) in [7, 11) is 0. The average Bonchev–Trinajstić information content (AvgIpc) is 2.83. The van der Waals surface area contributed by atoms with E-state index in [1.807, 2.05) is 0 Å². The summed E-state index contributed by atoms with van der Waals surface area (Å²) in [5.74, 6) is 0. The van der Waals surface area contributed by atoms with Gasteiger partial charge in [-0.05, 0) is 55.2 Å². The van der Waals surface area contributed by atoms with Gasteiger partial charge < -0.3 is 4.57 Å². The molecule has 1 aromatic heterocycles. The highest BCUT2D eigenvalue weighted by atomic mass is 15.0. The summed E-state index contributed by atoms with van der Waals surface area (Å²) in [6.45, 7) is 2.13. The Kier molecular flexibility index (Phi) is 2.53. The topological polar surface area (TPSA) is 4.93 Å². The van der Waals surface area contributed by atoms with Crippen LogP contribution in [0.3, 0.4) is 0 Å². The first kappa shape index (κ1) is 11.5. The molecule has 2 aliphatic carbocycles. The van der Waals surface area contributed by atoms with Crippen LogP contribution in [0, 0.1) is 6.92 Å². The highest BCUT2D eigenvalue weighted by Crippen LogP contribution is 2.14. The first-order valence-corrected chi connectivity index (χ1v) is 7.18. The van der Waals surface area contributed by atoms with Crippen LogP contribution in [0.4, 0.5) is 0 Å². The van der Waals surface area contributed by atoms with Crippen LogP contribution in [0.5, 0.6) is 0 Å². The predicted molar refractivity (Wildman–Crippen MR) is 84.4 cm³/mol. The first-order valence-electron chi connectivity index (χ1n) is 7.18. The van der Waals surface area contributed by atoms with E-state index < -0.39 is 0 Å². The fourth-order valence-corrected chi connectivity index (χ4v) is 3.18. The van der Waals surface area contributed by atoms with Crippen molar-refractivity contribution in [1.82, 2.24) is 4.57 Å². The number of benzene rings is 1. The zero-order valence-electron chi connectivity index (χ0n) is 11.6. The summed E-state index contributed by atoms with van der Waals surface area (Å²) in [6.07, 6.45) is 15.4. The lowest BCUT2D eigenvalue weighted by molar-refractivity contribution is 0.974. The number of hydrogen-bond donors (Lipinski definition) is 0. The third-order valence-corrected chi connectivity index (χ3v) is 4.18. The molecule has 20 heavy (non-hydrogen) atoms. The molecule has 2 aliphatic rings. The van der Waals surface area contributed by atoms with Crippen molar-refractivity contribution in [2.45, 2.75) is 19.8 Å². The normalized spacial score (nSPS) is 15.2. The van der Waals surface area contributed by atoms with Gasteiger partial charge in [0.2, 0.25) is 0 Å².